The highest BCUT2D eigenvalue weighted by Crippen LogP contribution is 2.20. The lowest BCUT2D eigenvalue weighted by Gasteiger charge is -1.93. The molecule has 0 atom stereocenters. The summed E-state index contributed by atoms with van der Waals surface area (Å²) in [6.07, 6.45) is 3.17. The number of aromatic amines is 1. The Balaban J connectivity index is 0.000000147. The van der Waals surface area contributed by atoms with E-state index in [-0.39, 0.29) is 12.4 Å². The lowest BCUT2D eigenvalue weighted by atomic mass is 10.2. The van der Waals surface area contributed by atoms with Gasteiger partial charge in [-0.05, 0) is 29.7 Å². The Hall–Kier alpha value is -0.810. The zero-order valence-corrected chi connectivity index (χ0v) is 15.2. The van der Waals surface area contributed by atoms with Gasteiger partial charge in [0.05, 0.1) is 6.54 Å². The minimum atomic E-state index is 0. The molecule has 0 radical (unpaired) electrons. The summed E-state index contributed by atoms with van der Waals surface area (Å²) in [5, 5.41) is 3.54. The molecule has 1 aliphatic heterocycles. The number of aromatic nitrogens is 1. The number of nitrogens with one attached hydrogen (secondary N) is 1. The van der Waals surface area contributed by atoms with E-state index in [9.17, 15) is 0 Å². The van der Waals surface area contributed by atoms with E-state index >= 15 is 0 Å². The Kier molecular flexibility index (Phi) is 5.88. The summed E-state index contributed by atoms with van der Waals surface area (Å²) in [4.78, 5) is 3.13. The summed E-state index contributed by atoms with van der Waals surface area (Å²) in [6, 6.07) is 14.7. The Morgan fingerprint density at radius 1 is 0.952 bits per heavy atom. The molecule has 3 N–H and O–H groups in total. The highest BCUT2D eigenvalue weighted by Gasteiger charge is 2.13. The highest BCUT2D eigenvalue weighted by atomic mass is 79.9. The number of nitrogens with two attached hydrogens (primary N) is 1. The van der Waals surface area contributed by atoms with Crippen LogP contribution in [0.25, 0.3) is 10.9 Å². The van der Waals surface area contributed by atoms with E-state index in [0.717, 1.165) is 4.47 Å². The van der Waals surface area contributed by atoms with Crippen molar-refractivity contribution in [1.82, 2.24) is 4.98 Å². The van der Waals surface area contributed by atoms with Crippen molar-refractivity contribution < 1.29 is 17.7 Å². The Morgan fingerprint density at radius 2 is 1.71 bits per heavy atom. The number of hydrogen-bond acceptors (Lipinski definition) is 0. The van der Waals surface area contributed by atoms with Crippen LogP contribution in [0.5, 0.6) is 0 Å². The van der Waals surface area contributed by atoms with Gasteiger partial charge >= 0.3 is 0 Å². The second-order valence-corrected chi connectivity index (χ2v) is 6.63. The molecule has 1 aromatic heterocycles. The molecule has 0 bridgehead atoms. The van der Waals surface area contributed by atoms with Gasteiger partial charge in [-0.2, -0.15) is 0 Å². The molecule has 0 saturated carbocycles. The molecule has 2 aromatic carbocycles. The van der Waals surface area contributed by atoms with Crippen LogP contribution in [0.15, 0.2) is 57.6 Å². The molecule has 0 unspecified atom stereocenters. The van der Waals surface area contributed by atoms with Crippen molar-refractivity contribution in [2.24, 2.45) is 0 Å². The fraction of sp³-hybridized carbons (Fsp3) is 0.125. The van der Waals surface area contributed by atoms with Gasteiger partial charge in [-0.25, -0.2) is 0 Å². The topological polar surface area (TPSA) is 32.4 Å². The van der Waals surface area contributed by atoms with Gasteiger partial charge in [0.25, 0.3) is 0 Å². The van der Waals surface area contributed by atoms with Gasteiger partial charge in [0.1, 0.15) is 5.69 Å². The van der Waals surface area contributed by atoms with Gasteiger partial charge in [0.15, 0.2) is 0 Å². The normalized spacial score (nSPS) is 12.3. The SMILES string of the molecule is Brc1ccc2c(c1)[NH2+]CC2.Brc1ccc2cc[nH]c2c1.[Cl-]. The summed E-state index contributed by atoms with van der Waals surface area (Å²) in [6.45, 7) is 1.21. The number of quaternary nitrogens is 1. The maximum atomic E-state index is 3.44. The smallest absolute Gasteiger partial charge is 0.134 e. The van der Waals surface area contributed by atoms with Gasteiger partial charge in [-0.1, -0.05) is 44.0 Å². The lowest BCUT2D eigenvalue weighted by Crippen LogP contribution is -3.00. The Labute approximate surface area is 147 Å². The molecule has 0 fully saturated rings. The molecule has 2 nitrogen and oxygen atoms in total. The molecule has 0 spiro atoms. The predicted molar refractivity (Wildman–Crippen MR) is 90.3 cm³/mol. The van der Waals surface area contributed by atoms with Crippen LogP contribution < -0.4 is 17.7 Å². The lowest BCUT2D eigenvalue weighted by molar-refractivity contribution is -0.561. The second-order valence-electron chi connectivity index (χ2n) is 4.80. The zero-order chi connectivity index (χ0) is 13.9. The van der Waals surface area contributed by atoms with Crippen molar-refractivity contribution in [3.8, 4) is 0 Å². The van der Waals surface area contributed by atoms with Crippen LogP contribution in [0.2, 0.25) is 0 Å². The van der Waals surface area contributed by atoms with Gasteiger partial charge in [-0.3, -0.25) is 0 Å². The van der Waals surface area contributed by atoms with E-state index in [0.29, 0.717) is 0 Å². The monoisotopic (exact) mass is 428 g/mol. The quantitative estimate of drug-likeness (QED) is 0.502. The van der Waals surface area contributed by atoms with Crippen LogP contribution in [0.3, 0.4) is 0 Å². The molecule has 110 valence electrons. The van der Waals surface area contributed by atoms with Gasteiger partial charge < -0.3 is 22.7 Å². The van der Waals surface area contributed by atoms with Crippen LogP contribution in [-0.4, -0.2) is 11.5 Å². The van der Waals surface area contributed by atoms with E-state index in [2.05, 4.69) is 78.6 Å². The molecule has 0 aliphatic carbocycles. The first-order chi connectivity index (χ1) is 9.72. The zero-order valence-electron chi connectivity index (χ0n) is 11.2. The Morgan fingerprint density at radius 3 is 2.57 bits per heavy atom. The Bertz CT molecular complexity index is 740. The second kappa shape index (κ2) is 7.45. The maximum absolute atomic E-state index is 3.44. The predicted octanol–water partition coefficient (Wildman–Crippen LogP) is 1.13. The van der Waals surface area contributed by atoms with Crippen molar-refractivity contribution in [2.75, 3.05) is 6.54 Å². The molecule has 0 amide bonds. The third-order valence-corrected chi connectivity index (χ3v) is 4.39. The average molecular weight is 431 g/mol. The molecule has 21 heavy (non-hydrogen) atoms. The number of fused-ring (bicyclic) bond motifs is 2. The fourth-order valence-electron chi connectivity index (χ4n) is 2.39. The first-order valence-corrected chi connectivity index (χ1v) is 8.15. The van der Waals surface area contributed by atoms with E-state index < -0.39 is 0 Å². The molecule has 3 aromatic rings. The van der Waals surface area contributed by atoms with Crippen molar-refractivity contribution in [2.45, 2.75) is 6.42 Å². The summed E-state index contributed by atoms with van der Waals surface area (Å²) < 4.78 is 2.30. The molecule has 4 rings (SSSR count). The molecule has 5 heteroatoms. The van der Waals surface area contributed by atoms with E-state index in [4.69, 9.17) is 0 Å². The minimum Gasteiger partial charge on any atom is -1.00 e. The van der Waals surface area contributed by atoms with Crippen LogP contribution >= 0.6 is 31.9 Å². The van der Waals surface area contributed by atoms with Gasteiger partial charge in [0, 0.05) is 38.7 Å². The average Bonchev–Trinajstić information content (AvgIpc) is 3.06. The van der Waals surface area contributed by atoms with Crippen molar-refractivity contribution in [3.63, 3.8) is 0 Å². The minimum absolute atomic E-state index is 0. The number of benzene rings is 2. The van der Waals surface area contributed by atoms with Crippen LogP contribution in [-0.2, 0) is 6.42 Å². The fourth-order valence-corrected chi connectivity index (χ4v) is 3.13. The van der Waals surface area contributed by atoms with Crippen LogP contribution in [0, 0.1) is 0 Å². The highest BCUT2D eigenvalue weighted by molar-refractivity contribution is 9.10. The van der Waals surface area contributed by atoms with Crippen molar-refractivity contribution in [3.05, 3.63) is 63.2 Å². The van der Waals surface area contributed by atoms with Crippen LogP contribution in [0.1, 0.15) is 5.56 Å². The van der Waals surface area contributed by atoms with Gasteiger partial charge in [-0.15, -0.1) is 0 Å². The first kappa shape index (κ1) is 16.6. The molecule has 1 aliphatic rings. The first-order valence-electron chi connectivity index (χ1n) is 6.57. The van der Waals surface area contributed by atoms with E-state index in [1.54, 1.807) is 0 Å². The molecular formula is C16H15Br2ClN2. The standard InChI is InChI=1S/C8H8BrN.C8H6BrN.ClH/c2*9-7-2-1-6-3-4-10-8(6)5-7;/h1-2,5,10H,3-4H2;1-5,10H;1H. The summed E-state index contributed by atoms with van der Waals surface area (Å²) >= 11 is 6.84. The largest absolute Gasteiger partial charge is 1.00 e. The number of H-pyrrole nitrogens is 1. The maximum Gasteiger partial charge on any atom is 0.134 e. The van der Waals surface area contributed by atoms with E-state index in [1.807, 2.05) is 12.3 Å². The van der Waals surface area contributed by atoms with Gasteiger partial charge in [0.2, 0.25) is 0 Å². The molecular weight excluding hydrogens is 415 g/mol. The molecule has 0 saturated heterocycles. The number of rotatable bonds is 0. The third kappa shape index (κ3) is 4.10. The summed E-state index contributed by atoms with van der Waals surface area (Å²) in [7, 11) is 0. The number of hydrogen-bond donors (Lipinski definition) is 2. The molecule has 2 heterocycles. The third-order valence-electron chi connectivity index (χ3n) is 3.40. The van der Waals surface area contributed by atoms with E-state index in [1.165, 1.54) is 39.6 Å². The van der Waals surface area contributed by atoms with Crippen molar-refractivity contribution >= 4 is 48.5 Å². The van der Waals surface area contributed by atoms with Crippen molar-refractivity contribution in [1.29, 1.82) is 0 Å². The number of halogens is 3. The summed E-state index contributed by atoms with van der Waals surface area (Å²) in [5.41, 5.74) is 4.08. The summed E-state index contributed by atoms with van der Waals surface area (Å²) in [5.74, 6) is 0. The van der Waals surface area contributed by atoms with Crippen LogP contribution in [0.4, 0.5) is 5.69 Å².